The van der Waals surface area contributed by atoms with Gasteiger partial charge in [-0.25, -0.2) is 4.79 Å². The first-order valence-electron chi connectivity index (χ1n) is 7.19. The Morgan fingerprint density at radius 1 is 1.13 bits per heavy atom. The van der Waals surface area contributed by atoms with Gasteiger partial charge in [0.1, 0.15) is 18.1 Å². The molecule has 23 heavy (non-hydrogen) atoms. The zero-order valence-corrected chi connectivity index (χ0v) is 12.6. The molecule has 3 rings (SSSR count). The maximum atomic E-state index is 11.9. The van der Waals surface area contributed by atoms with Gasteiger partial charge in [-0.05, 0) is 19.1 Å². The fraction of sp³-hybridized carbons (Fsp3) is 0.176. The van der Waals surface area contributed by atoms with Crippen molar-refractivity contribution in [2.45, 2.75) is 20.0 Å². The summed E-state index contributed by atoms with van der Waals surface area (Å²) in [5.74, 6) is 1.03. The Kier molecular flexibility index (Phi) is 4.14. The molecule has 1 aromatic carbocycles. The van der Waals surface area contributed by atoms with Crippen molar-refractivity contribution in [3.8, 4) is 11.3 Å². The van der Waals surface area contributed by atoms with E-state index in [0.717, 1.165) is 11.3 Å². The van der Waals surface area contributed by atoms with Crippen molar-refractivity contribution in [3.63, 3.8) is 0 Å². The van der Waals surface area contributed by atoms with E-state index < -0.39 is 5.76 Å². The Balaban J connectivity index is 1.65. The zero-order valence-electron chi connectivity index (χ0n) is 12.6. The van der Waals surface area contributed by atoms with Gasteiger partial charge in [-0.2, -0.15) is 0 Å². The van der Waals surface area contributed by atoms with Gasteiger partial charge in [-0.15, -0.1) is 0 Å². The first kappa shape index (κ1) is 14.9. The highest BCUT2D eigenvalue weighted by Crippen LogP contribution is 2.16. The van der Waals surface area contributed by atoms with Crippen molar-refractivity contribution in [3.05, 3.63) is 70.7 Å². The number of nitrogens with one attached hydrogen (secondary N) is 1. The minimum atomic E-state index is -0.562. The van der Waals surface area contributed by atoms with Crippen LogP contribution < -0.4 is 11.1 Å². The number of carbonyl (C=O) groups excluding carboxylic acids is 1. The molecular weight excluding hydrogens is 296 g/mol. The molecule has 0 radical (unpaired) electrons. The number of hydrogen-bond acceptors (Lipinski definition) is 4. The molecule has 0 bridgehead atoms. The Hall–Kier alpha value is -3.02. The molecule has 2 heterocycles. The third-order valence-corrected chi connectivity index (χ3v) is 3.33. The fourth-order valence-electron chi connectivity index (χ4n) is 2.20. The predicted octanol–water partition coefficient (Wildman–Crippen LogP) is 2.33. The Labute approximate surface area is 132 Å². The van der Waals surface area contributed by atoms with Crippen molar-refractivity contribution in [2.24, 2.45) is 0 Å². The van der Waals surface area contributed by atoms with Crippen LogP contribution in [0.4, 0.5) is 0 Å². The average molecular weight is 312 g/mol. The lowest BCUT2D eigenvalue weighted by atomic mass is 10.2. The molecule has 6 heteroatoms. The van der Waals surface area contributed by atoms with E-state index in [4.69, 9.17) is 8.83 Å². The number of amides is 1. The van der Waals surface area contributed by atoms with E-state index in [9.17, 15) is 9.59 Å². The van der Waals surface area contributed by atoms with Gasteiger partial charge in [0.2, 0.25) is 5.91 Å². The normalized spacial score (nSPS) is 10.7. The molecule has 0 fully saturated rings. The minimum absolute atomic E-state index is 0.102. The van der Waals surface area contributed by atoms with Crippen LogP contribution in [0, 0.1) is 6.92 Å². The number of rotatable bonds is 5. The van der Waals surface area contributed by atoms with E-state index in [1.165, 1.54) is 10.8 Å². The van der Waals surface area contributed by atoms with Gasteiger partial charge >= 0.3 is 5.76 Å². The molecule has 0 aliphatic carbocycles. The molecular formula is C17H16N2O4. The van der Waals surface area contributed by atoms with Gasteiger partial charge in [0.15, 0.2) is 5.76 Å². The summed E-state index contributed by atoms with van der Waals surface area (Å²) in [5.41, 5.74) is 0.787. The number of aromatic nitrogens is 1. The maximum absolute atomic E-state index is 11.9. The monoisotopic (exact) mass is 312 g/mol. The summed E-state index contributed by atoms with van der Waals surface area (Å²) >= 11 is 0. The number of benzene rings is 1. The molecule has 3 aromatic rings. The van der Waals surface area contributed by atoms with E-state index >= 15 is 0 Å². The third-order valence-electron chi connectivity index (χ3n) is 3.33. The largest absolute Gasteiger partial charge is 0.465 e. The number of oxazole rings is 1. The third kappa shape index (κ3) is 3.60. The van der Waals surface area contributed by atoms with E-state index in [1.807, 2.05) is 43.3 Å². The topological polar surface area (TPSA) is 77.4 Å². The summed E-state index contributed by atoms with van der Waals surface area (Å²) in [5, 5.41) is 2.70. The van der Waals surface area contributed by atoms with Crippen molar-refractivity contribution >= 4 is 5.91 Å². The Bertz CT molecular complexity index is 858. The molecule has 0 atom stereocenters. The lowest BCUT2D eigenvalue weighted by Crippen LogP contribution is -2.29. The standard InChI is InChI=1S/C17H16N2O4/c1-12-7-8-14(22-12)9-18-16(20)11-19-10-15(23-17(19)21)13-5-3-2-4-6-13/h2-8,10H,9,11H2,1H3,(H,18,20). The molecule has 1 amide bonds. The second-order valence-corrected chi connectivity index (χ2v) is 5.14. The summed E-state index contributed by atoms with van der Waals surface area (Å²) in [6.07, 6.45) is 1.54. The van der Waals surface area contributed by atoms with Crippen molar-refractivity contribution in [1.29, 1.82) is 0 Å². The summed E-state index contributed by atoms with van der Waals surface area (Å²) in [7, 11) is 0. The van der Waals surface area contributed by atoms with Gasteiger partial charge in [-0.3, -0.25) is 9.36 Å². The second-order valence-electron chi connectivity index (χ2n) is 5.14. The van der Waals surface area contributed by atoms with Crippen LogP contribution in [0.25, 0.3) is 11.3 Å². The quantitative estimate of drug-likeness (QED) is 0.784. The lowest BCUT2D eigenvalue weighted by Gasteiger charge is -2.02. The van der Waals surface area contributed by atoms with Crippen LogP contribution in [-0.2, 0) is 17.9 Å². The molecule has 0 spiro atoms. The maximum Gasteiger partial charge on any atom is 0.419 e. The van der Waals surface area contributed by atoms with Gasteiger partial charge in [0.05, 0.1) is 12.7 Å². The average Bonchev–Trinajstić information content (AvgIpc) is 3.13. The van der Waals surface area contributed by atoms with Crippen molar-refractivity contribution < 1.29 is 13.6 Å². The molecule has 2 aromatic heterocycles. The number of nitrogens with zero attached hydrogens (tertiary/aromatic N) is 1. The summed E-state index contributed by atoms with van der Waals surface area (Å²) in [6.45, 7) is 2.02. The number of aryl methyl sites for hydroxylation is 1. The first-order chi connectivity index (χ1) is 11.1. The van der Waals surface area contributed by atoms with E-state index in [-0.39, 0.29) is 19.0 Å². The van der Waals surface area contributed by atoms with E-state index in [2.05, 4.69) is 5.32 Å². The van der Waals surface area contributed by atoms with Crippen LogP contribution in [0.3, 0.4) is 0 Å². The van der Waals surface area contributed by atoms with Crippen LogP contribution in [-0.4, -0.2) is 10.5 Å². The Morgan fingerprint density at radius 2 is 1.91 bits per heavy atom. The van der Waals surface area contributed by atoms with Crippen molar-refractivity contribution in [1.82, 2.24) is 9.88 Å². The van der Waals surface area contributed by atoms with Gasteiger partial charge in [0, 0.05) is 5.56 Å². The first-order valence-corrected chi connectivity index (χ1v) is 7.19. The zero-order chi connectivity index (χ0) is 16.2. The van der Waals surface area contributed by atoms with Crippen LogP contribution in [0.2, 0.25) is 0 Å². The van der Waals surface area contributed by atoms with E-state index in [1.54, 1.807) is 6.07 Å². The molecule has 0 saturated carbocycles. The molecule has 1 N–H and O–H groups in total. The molecule has 0 aliphatic rings. The Morgan fingerprint density at radius 3 is 2.61 bits per heavy atom. The highest BCUT2D eigenvalue weighted by atomic mass is 16.4. The van der Waals surface area contributed by atoms with Crippen LogP contribution in [0.1, 0.15) is 11.5 Å². The minimum Gasteiger partial charge on any atom is -0.465 e. The number of furan rings is 1. The fourth-order valence-corrected chi connectivity index (χ4v) is 2.20. The highest BCUT2D eigenvalue weighted by Gasteiger charge is 2.11. The molecule has 118 valence electrons. The van der Waals surface area contributed by atoms with Gasteiger partial charge < -0.3 is 14.2 Å². The summed E-state index contributed by atoms with van der Waals surface area (Å²) in [4.78, 5) is 23.8. The molecule has 0 unspecified atom stereocenters. The van der Waals surface area contributed by atoms with Crippen LogP contribution in [0.5, 0.6) is 0 Å². The highest BCUT2D eigenvalue weighted by molar-refractivity contribution is 5.75. The number of carbonyl (C=O) groups is 1. The molecule has 6 nitrogen and oxygen atoms in total. The molecule has 0 aliphatic heterocycles. The van der Waals surface area contributed by atoms with Crippen molar-refractivity contribution in [2.75, 3.05) is 0 Å². The van der Waals surface area contributed by atoms with Gasteiger partial charge in [-0.1, -0.05) is 30.3 Å². The second kappa shape index (κ2) is 6.39. The SMILES string of the molecule is Cc1ccc(CNC(=O)Cn2cc(-c3ccccc3)oc2=O)o1. The molecule has 0 saturated heterocycles. The van der Waals surface area contributed by atoms with Crippen LogP contribution in [0.15, 0.2) is 62.3 Å². The summed E-state index contributed by atoms with van der Waals surface area (Å²) in [6, 6.07) is 12.9. The predicted molar refractivity (Wildman–Crippen MR) is 83.7 cm³/mol. The van der Waals surface area contributed by atoms with E-state index in [0.29, 0.717) is 11.5 Å². The smallest absolute Gasteiger partial charge is 0.419 e. The van der Waals surface area contributed by atoms with Gasteiger partial charge in [0.25, 0.3) is 0 Å². The summed E-state index contributed by atoms with van der Waals surface area (Å²) < 4.78 is 11.8. The lowest BCUT2D eigenvalue weighted by molar-refractivity contribution is -0.122. The number of hydrogen-bond donors (Lipinski definition) is 1. The van der Waals surface area contributed by atoms with Crippen LogP contribution >= 0.6 is 0 Å².